The molecule has 0 fully saturated rings. The summed E-state index contributed by atoms with van der Waals surface area (Å²) in [6, 6.07) is 6.96. The predicted molar refractivity (Wildman–Crippen MR) is 73.9 cm³/mol. The first-order chi connectivity index (χ1) is 8.04. The van der Waals surface area contributed by atoms with Crippen molar-refractivity contribution in [3.8, 4) is 5.75 Å². The highest BCUT2D eigenvalue weighted by molar-refractivity contribution is 5.39. The highest BCUT2D eigenvalue weighted by Gasteiger charge is 2.11. The first-order valence-electron chi connectivity index (χ1n) is 6.42. The average molecular weight is 235 g/mol. The average Bonchev–Trinajstić information content (AvgIpc) is 2.28. The minimum atomic E-state index is 0.524. The molecule has 1 atom stereocenters. The minimum absolute atomic E-state index is 0.524. The molecule has 17 heavy (non-hydrogen) atoms. The van der Waals surface area contributed by atoms with Crippen molar-refractivity contribution in [2.24, 2.45) is 0 Å². The van der Waals surface area contributed by atoms with E-state index in [0.29, 0.717) is 12.0 Å². The maximum atomic E-state index is 5.43. The van der Waals surface area contributed by atoms with Gasteiger partial charge in [-0.3, -0.25) is 0 Å². The van der Waals surface area contributed by atoms with Crippen LogP contribution in [0.1, 0.15) is 44.2 Å². The molecule has 0 aliphatic heterocycles. The van der Waals surface area contributed by atoms with Gasteiger partial charge in [-0.25, -0.2) is 0 Å². The van der Waals surface area contributed by atoms with E-state index in [-0.39, 0.29) is 0 Å². The van der Waals surface area contributed by atoms with Gasteiger partial charge in [-0.05, 0) is 37.4 Å². The van der Waals surface area contributed by atoms with Gasteiger partial charge in [-0.1, -0.05) is 38.5 Å². The van der Waals surface area contributed by atoms with Gasteiger partial charge in [0, 0.05) is 6.04 Å². The quantitative estimate of drug-likeness (QED) is 0.815. The van der Waals surface area contributed by atoms with Gasteiger partial charge in [0.25, 0.3) is 0 Å². The number of hydrogen-bond donors (Lipinski definition) is 1. The van der Waals surface area contributed by atoms with Crippen LogP contribution in [0.2, 0.25) is 0 Å². The summed E-state index contributed by atoms with van der Waals surface area (Å²) in [4.78, 5) is 0. The largest absolute Gasteiger partial charge is 0.496 e. The minimum Gasteiger partial charge on any atom is -0.496 e. The molecule has 0 radical (unpaired) electrons. The molecule has 1 aromatic rings. The van der Waals surface area contributed by atoms with Crippen LogP contribution in [0.4, 0.5) is 0 Å². The zero-order chi connectivity index (χ0) is 12.8. The summed E-state index contributed by atoms with van der Waals surface area (Å²) in [7, 11) is 1.74. The Labute approximate surface area is 105 Å². The lowest BCUT2D eigenvalue weighted by Gasteiger charge is -2.17. The van der Waals surface area contributed by atoms with Gasteiger partial charge >= 0.3 is 0 Å². The van der Waals surface area contributed by atoms with Crippen molar-refractivity contribution in [1.82, 2.24) is 5.32 Å². The van der Waals surface area contributed by atoms with Crippen molar-refractivity contribution in [3.05, 3.63) is 29.3 Å². The lowest BCUT2D eigenvalue weighted by Crippen LogP contribution is -2.24. The molecule has 0 heterocycles. The third kappa shape index (κ3) is 4.39. The second kappa shape index (κ2) is 6.65. The van der Waals surface area contributed by atoms with Crippen molar-refractivity contribution in [1.29, 1.82) is 0 Å². The van der Waals surface area contributed by atoms with E-state index in [1.54, 1.807) is 7.11 Å². The standard InChI is InChI=1S/C15H25NO/c1-11(2)16-9-8-13(4)14-10-12(3)6-7-15(14)17-5/h6-7,10-11,13,16H,8-9H2,1-5H3. The van der Waals surface area contributed by atoms with E-state index in [1.807, 2.05) is 0 Å². The van der Waals surface area contributed by atoms with Gasteiger partial charge < -0.3 is 10.1 Å². The number of benzene rings is 1. The van der Waals surface area contributed by atoms with E-state index in [0.717, 1.165) is 18.7 Å². The third-order valence-corrected chi connectivity index (χ3v) is 3.05. The summed E-state index contributed by atoms with van der Waals surface area (Å²) >= 11 is 0. The molecule has 0 saturated carbocycles. The summed E-state index contributed by atoms with van der Waals surface area (Å²) in [6.45, 7) is 9.80. The summed E-state index contributed by atoms with van der Waals surface area (Å²) in [6.07, 6.45) is 1.14. The topological polar surface area (TPSA) is 21.3 Å². The van der Waals surface area contributed by atoms with Crippen molar-refractivity contribution < 1.29 is 4.74 Å². The SMILES string of the molecule is COc1ccc(C)cc1C(C)CCNC(C)C. The molecule has 1 N–H and O–H groups in total. The molecule has 0 aliphatic carbocycles. The predicted octanol–water partition coefficient (Wildman–Crippen LogP) is 3.50. The molecular formula is C15H25NO. The van der Waals surface area contributed by atoms with Crippen molar-refractivity contribution in [2.75, 3.05) is 13.7 Å². The molecule has 96 valence electrons. The van der Waals surface area contributed by atoms with Crippen LogP contribution >= 0.6 is 0 Å². The van der Waals surface area contributed by atoms with E-state index >= 15 is 0 Å². The van der Waals surface area contributed by atoms with E-state index in [9.17, 15) is 0 Å². The van der Waals surface area contributed by atoms with Gasteiger partial charge in [-0.15, -0.1) is 0 Å². The Kier molecular flexibility index (Phi) is 5.49. The Morgan fingerprint density at radius 1 is 1.24 bits per heavy atom. The molecule has 0 bridgehead atoms. The zero-order valence-corrected chi connectivity index (χ0v) is 11.7. The monoisotopic (exact) mass is 235 g/mol. The van der Waals surface area contributed by atoms with Gasteiger partial charge in [-0.2, -0.15) is 0 Å². The Bertz CT molecular complexity index is 347. The second-order valence-electron chi connectivity index (χ2n) is 5.04. The molecule has 2 nitrogen and oxygen atoms in total. The Balaban J connectivity index is 2.66. The van der Waals surface area contributed by atoms with E-state index < -0.39 is 0 Å². The second-order valence-corrected chi connectivity index (χ2v) is 5.04. The van der Waals surface area contributed by atoms with Gasteiger partial charge in [0.1, 0.15) is 5.75 Å². The molecule has 1 aromatic carbocycles. The third-order valence-electron chi connectivity index (χ3n) is 3.05. The van der Waals surface area contributed by atoms with Gasteiger partial charge in [0.2, 0.25) is 0 Å². The Morgan fingerprint density at radius 3 is 2.53 bits per heavy atom. The fourth-order valence-corrected chi connectivity index (χ4v) is 1.98. The smallest absolute Gasteiger partial charge is 0.122 e. The number of rotatable bonds is 6. The first-order valence-corrected chi connectivity index (χ1v) is 6.42. The molecule has 1 rings (SSSR count). The highest BCUT2D eigenvalue weighted by Crippen LogP contribution is 2.29. The molecule has 0 aliphatic rings. The zero-order valence-electron chi connectivity index (χ0n) is 11.7. The van der Waals surface area contributed by atoms with Gasteiger partial charge in [0.05, 0.1) is 7.11 Å². The van der Waals surface area contributed by atoms with E-state index in [1.165, 1.54) is 11.1 Å². The van der Waals surface area contributed by atoms with Crippen LogP contribution in [0.5, 0.6) is 5.75 Å². The molecule has 2 heteroatoms. The summed E-state index contributed by atoms with van der Waals surface area (Å²) in [5, 5.41) is 3.46. The lowest BCUT2D eigenvalue weighted by atomic mass is 9.95. The Morgan fingerprint density at radius 2 is 1.94 bits per heavy atom. The molecule has 0 amide bonds. The fourth-order valence-electron chi connectivity index (χ4n) is 1.98. The molecule has 0 saturated heterocycles. The van der Waals surface area contributed by atoms with Crippen LogP contribution < -0.4 is 10.1 Å². The number of aryl methyl sites for hydroxylation is 1. The number of methoxy groups -OCH3 is 1. The van der Waals surface area contributed by atoms with Crippen LogP contribution in [0.15, 0.2) is 18.2 Å². The number of hydrogen-bond acceptors (Lipinski definition) is 2. The van der Waals surface area contributed by atoms with Crippen molar-refractivity contribution >= 4 is 0 Å². The van der Waals surface area contributed by atoms with Crippen LogP contribution in [-0.4, -0.2) is 19.7 Å². The van der Waals surface area contributed by atoms with Crippen molar-refractivity contribution in [3.63, 3.8) is 0 Å². The normalized spacial score (nSPS) is 12.8. The molecular weight excluding hydrogens is 210 g/mol. The number of ether oxygens (including phenoxy) is 1. The van der Waals surface area contributed by atoms with Crippen molar-refractivity contribution in [2.45, 2.75) is 46.1 Å². The molecule has 1 unspecified atom stereocenters. The van der Waals surface area contributed by atoms with Crippen LogP contribution in [0, 0.1) is 6.92 Å². The Hall–Kier alpha value is -1.02. The lowest BCUT2D eigenvalue weighted by molar-refractivity contribution is 0.404. The van der Waals surface area contributed by atoms with E-state index in [2.05, 4.69) is 51.2 Å². The van der Waals surface area contributed by atoms with E-state index in [4.69, 9.17) is 4.74 Å². The fraction of sp³-hybridized carbons (Fsp3) is 0.600. The van der Waals surface area contributed by atoms with Crippen LogP contribution in [0.3, 0.4) is 0 Å². The van der Waals surface area contributed by atoms with Crippen LogP contribution in [0.25, 0.3) is 0 Å². The summed E-state index contributed by atoms with van der Waals surface area (Å²) in [5.74, 6) is 1.53. The molecule has 0 aromatic heterocycles. The first kappa shape index (κ1) is 14.0. The van der Waals surface area contributed by atoms with Crippen LogP contribution in [-0.2, 0) is 0 Å². The maximum Gasteiger partial charge on any atom is 0.122 e. The summed E-state index contributed by atoms with van der Waals surface area (Å²) < 4.78 is 5.43. The summed E-state index contributed by atoms with van der Waals surface area (Å²) in [5.41, 5.74) is 2.61. The maximum absolute atomic E-state index is 5.43. The highest BCUT2D eigenvalue weighted by atomic mass is 16.5. The van der Waals surface area contributed by atoms with Gasteiger partial charge in [0.15, 0.2) is 0 Å². The number of nitrogens with one attached hydrogen (secondary N) is 1. The molecule has 0 spiro atoms.